The van der Waals surface area contributed by atoms with Crippen molar-refractivity contribution in [3.8, 4) is 0 Å². The molecule has 4 N–H and O–H groups in total. The van der Waals surface area contributed by atoms with Crippen LogP contribution in [0.1, 0.15) is 11.5 Å². The van der Waals surface area contributed by atoms with Gasteiger partial charge in [0.1, 0.15) is 12.0 Å². The van der Waals surface area contributed by atoms with Gasteiger partial charge in [0.2, 0.25) is 0 Å². The Balaban J connectivity index is 3.11. The van der Waals surface area contributed by atoms with Gasteiger partial charge >= 0.3 is 11.9 Å². The quantitative estimate of drug-likeness (QED) is 0.501. The van der Waals surface area contributed by atoms with E-state index in [-0.39, 0.29) is 11.3 Å². The minimum absolute atomic E-state index is 0.100. The van der Waals surface area contributed by atoms with Crippen molar-refractivity contribution in [1.82, 2.24) is 0 Å². The maximum absolute atomic E-state index is 11.0. The summed E-state index contributed by atoms with van der Waals surface area (Å²) in [6.45, 7) is 0. The van der Waals surface area contributed by atoms with Crippen LogP contribution in [0, 0.1) is 10.1 Å². The Bertz CT molecular complexity index is 484. The maximum Gasteiger partial charge on any atom is 0.321 e. The summed E-state index contributed by atoms with van der Waals surface area (Å²) >= 11 is 0. The maximum atomic E-state index is 11.0. The van der Waals surface area contributed by atoms with E-state index in [1.807, 2.05) is 0 Å². The number of carboxylic acids is 2. The Hall–Kier alpha value is -2.48. The van der Waals surface area contributed by atoms with Crippen LogP contribution in [0.4, 0.5) is 5.69 Å². The van der Waals surface area contributed by atoms with Crippen LogP contribution >= 0.6 is 0 Å². The molecule has 0 fully saturated rings. The molecular formula is C10H10N2O6. The molecule has 8 nitrogen and oxygen atoms in total. The molecule has 1 rings (SSSR count). The largest absolute Gasteiger partial charge is 0.481 e. The minimum atomic E-state index is -1.62. The highest BCUT2D eigenvalue weighted by molar-refractivity contribution is 5.86. The van der Waals surface area contributed by atoms with Crippen LogP contribution < -0.4 is 5.73 Å². The number of benzene rings is 1. The van der Waals surface area contributed by atoms with Gasteiger partial charge in [0.15, 0.2) is 0 Å². The summed E-state index contributed by atoms with van der Waals surface area (Å²) in [4.78, 5) is 31.5. The van der Waals surface area contributed by atoms with E-state index in [0.29, 0.717) is 0 Å². The van der Waals surface area contributed by atoms with Gasteiger partial charge in [-0.15, -0.1) is 0 Å². The van der Waals surface area contributed by atoms with Gasteiger partial charge in [-0.25, -0.2) is 0 Å². The number of hydrogen-bond acceptors (Lipinski definition) is 5. The first-order valence-corrected chi connectivity index (χ1v) is 4.80. The summed E-state index contributed by atoms with van der Waals surface area (Å²) in [6.07, 6.45) is 0. The molecule has 0 unspecified atom stereocenters. The molecule has 18 heavy (non-hydrogen) atoms. The van der Waals surface area contributed by atoms with Crippen molar-refractivity contribution >= 4 is 17.6 Å². The zero-order valence-electron chi connectivity index (χ0n) is 9.02. The van der Waals surface area contributed by atoms with Crippen LogP contribution in [0.3, 0.4) is 0 Å². The van der Waals surface area contributed by atoms with Crippen molar-refractivity contribution < 1.29 is 24.7 Å². The molecule has 8 heteroatoms. The second kappa shape index (κ2) is 5.23. The highest BCUT2D eigenvalue weighted by Crippen LogP contribution is 2.22. The lowest BCUT2D eigenvalue weighted by Crippen LogP contribution is -2.40. The van der Waals surface area contributed by atoms with Gasteiger partial charge in [-0.1, -0.05) is 12.1 Å². The molecule has 1 aromatic rings. The minimum Gasteiger partial charge on any atom is -0.481 e. The van der Waals surface area contributed by atoms with E-state index in [1.54, 1.807) is 0 Å². The molecule has 0 bridgehead atoms. The Labute approximate surface area is 101 Å². The van der Waals surface area contributed by atoms with E-state index in [1.165, 1.54) is 12.1 Å². The zero-order valence-corrected chi connectivity index (χ0v) is 9.02. The number of nitrogens with two attached hydrogens (primary N) is 1. The molecule has 1 aromatic carbocycles. The monoisotopic (exact) mass is 254 g/mol. The lowest BCUT2D eigenvalue weighted by atomic mass is 9.92. The number of nitrogens with zero attached hydrogens (tertiary/aromatic N) is 1. The predicted octanol–water partition coefficient (Wildman–Crippen LogP) is 0.175. The molecule has 0 amide bonds. The summed E-state index contributed by atoms with van der Waals surface area (Å²) < 4.78 is 0. The molecule has 0 radical (unpaired) electrons. The Morgan fingerprint density at radius 1 is 1.17 bits per heavy atom. The van der Waals surface area contributed by atoms with Crippen LogP contribution in [0.15, 0.2) is 24.3 Å². The summed E-state index contributed by atoms with van der Waals surface area (Å²) in [5.74, 6) is -4.32. The number of aliphatic carboxylic acids is 2. The molecule has 96 valence electrons. The molecule has 0 saturated heterocycles. The number of carbonyl (C=O) groups is 2. The van der Waals surface area contributed by atoms with Crippen molar-refractivity contribution in [3.63, 3.8) is 0 Å². The topological polar surface area (TPSA) is 144 Å². The molecule has 0 aliphatic carbocycles. The van der Waals surface area contributed by atoms with Gasteiger partial charge in [-0.05, 0) is 5.56 Å². The zero-order chi connectivity index (χ0) is 13.9. The highest BCUT2D eigenvalue weighted by atomic mass is 16.6. The van der Waals surface area contributed by atoms with Crippen LogP contribution in [-0.2, 0) is 9.59 Å². The summed E-state index contributed by atoms with van der Waals surface area (Å²) in [7, 11) is 0. The van der Waals surface area contributed by atoms with Gasteiger partial charge < -0.3 is 15.9 Å². The molecule has 2 atom stereocenters. The fraction of sp³-hybridized carbons (Fsp3) is 0.200. The van der Waals surface area contributed by atoms with Crippen molar-refractivity contribution in [2.24, 2.45) is 5.73 Å². The lowest BCUT2D eigenvalue weighted by Gasteiger charge is -2.16. The normalized spacial score (nSPS) is 13.6. The molecule has 0 aromatic heterocycles. The molecular weight excluding hydrogens is 244 g/mol. The predicted molar refractivity (Wildman–Crippen MR) is 59.1 cm³/mol. The number of nitro benzene ring substituents is 1. The van der Waals surface area contributed by atoms with Gasteiger partial charge in [-0.2, -0.15) is 0 Å². The van der Waals surface area contributed by atoms with Crippen molar-refractivity contribution in [2.75, 3.05) is 0 Å². The van der Waals surface area contributed by atoms with Gasteiger partial charge in [0.25, 0.3) is 5.69 Å². The summed E-state index contributed by atoms with van der Waals surface area (Å²) in [5.41, 5.74) is 5.16. The third-order valence-corrected chi connectivity index (χ3v) is 2.37. The van der Waals surface area contributed by atoms with Crippen LogP contribution in [0.5, 0.6) is 0 Å². The first kappa shape index (κ1) is 13.6. The molecule has 0 heterocycles. The first-order valence-electron chi connectivity index (χ1n) is 4.80. The van der Waals surface area contributed by atoms with E-state index < -0.39 is 28.8 Å². The first-order chi connectivity index (χ1) is 8.34. The average Bonchev–Trinajstić information content (AvgIpc) is 2.29. The second-order valence-corrected chi connectivity index (χ2v) is 3.53. The summed E-state index contributed by atoms with van der Waals surface area (Å²) in [6, 6.07) is 2.93. The second-order valence-electron chi connectivity index (χ2n) is 3.53. The van der Waals surface area contributed by atoms with Gasteiger partial charge in [-0.3, -0.25) is 19.7 Å². The van der Waals surface area contributed by atoms with Crippen LogP contribution in [0.25, 0.3) is 0 Å². The van der Waals surface area contributed by atoms with Crippen LogP contribution in [0.2, 0.25) is 0 Å². The Morgan fingerprint density at radius 2 is 1.67 bits per heavy atom. The van der Waals surface area contributed by atoms with E-state index in [2.05, 4.69) is 0 Å². The number of hydrogen-bond donors (Lipinski definition) is 3. The molecule has 0 aliphatic heterocycles. The van der Waals surface area contributed by atoms with Crippen molar-refractivity contribution in [1.29, 1.82) is 0 Å². The average molecular weight is 254 g/mol. The van der Waals surface area contributed by atoms with E-state index in [9.17, 15) is 19.7 Å². The number of rotatable bonds is 5. The third kappa shape index (κ3) is 2.80. The molecule has 0 spiro atoms. The third-order valence-electron chi connectivity index (χ3n) is 2.37. The van der Waals surface area contributed by atoms with Gasteiger partial charge in [0, 0.05) is 12.1 Å². The Morgan fingerprint density at radius 3 is 2.00 bits per heavy atom. The van der Waals surface area contributed by atoms with E-state index >= 15 is 0 Å². The summed E-state index contributed by atoms with van der Waals surface area (Å²) in [5, 5.41) is 28.1. The number of non-ortho nitro benzene ring substituents is 1. The Kier molecular flexibility index (Phi) is 3.95. The van der Waals surface area contributed by atoms with Crippen molar-refractivity contribution in [2.45, 2.75) is 12.0 Å². The number of nitro groups is 1. The molecule has 0 aliphatic rings. The number of carboxylic acid groups (broad SMARTS) is 2. The van der Waals surface area contributed by atoms with Crippen LogP contribution in [-0.4, -0.2) is 33.1 Å². The SMILES string of the molecule is N[C@@H](C(=O)O)[C@H](C(=O)O)c1ccc([N+](=O)[O-])cc1. The fourth-order valence-electron chi connectivity index (χ4n) is 1.45. The highest BCUT2D eigenvalue weighted by Gasteiger charge is 2.32. The van der Waals surface area contributed by atoms with E-state index in [4.69, 9.17) is 15.9 Å². The molecule has 0 saturated carbocycles. The van der Waals surface area contributed by atoms with Crippen molar-refractivity contribution in [3.05, 3.63) is 39.9 Å². The standard InChI is InChI=1S/C10H10N2O6/c11-8(10(15)16)7(9(13)14)5-1-3-6(4-2-5)12(17)18/h1-4,7-8H,11H2,(H,13,14)(H,15,16)/t7-,8-/m1/s1. The lowest BCUT2D eigenvalue weighted by molar-refractivity contribution is -0.384. The van der Waals surface area contributed by atoms with E-state index in [0.717, 1.165) is 12.1 Å². The fourth-order valence-corrected chi connectivity index (χ4v) is 1.45. The smallest absolute Gasteiger partial charge is 0.321 e. The van der Waals surface area contributed by atoms with Gasteiger partial charge in [0.05, 0.1) is 4.92 Å².